The molecule has 0 radical (unpaired) electrons. The number of phosphoric ester groups is 2. The molecule has 0 aromatic heterocycles. The average molecular weight is 881 g/mol. The van der Waals surface area contributed by atoms with Crippen molar-refractivity contribution in [3.8, 4) is 0 Å². The Morgan fingerprint density at radius 1 is 0.593 bits per heavy atom. The predicted octanol–water partition coefficient (Wildman–Crippen LogP) is 9.89. The lowest BCUT2D eigenvalue weighted by atomic mass is 10.0. The monoisotopic (exact) mass is 880 g/mol. The number of unbranched alkanes of at least 4 members (excludes halogenated alkanes) is 13. The van der Waals surface area contributed by atoms with E-state index >= 15 is 0 Å². The number of esters is 2. The zero-order chi connectivity index (χ0) is 44.0. The van der Waals surface area contributed by atoms with Crippen molar-refractivity contribution in [3.63, 3.8) is 0 Å². The molecular formula is C43H78O14P2. The van der Waals surface area contributed by atoms with Gasteiger partial charge in [-0.15, -0.1) is 0 Å². The Hall–Kier alpha value is -1.96. The zero-order valence-corrected chi connectivity index (χ0v) is 37.9. The van der Waals surface area contributed by atoms with Crippen molar-refractivity contribution in [3.05, 3.63) is 48.6 Å². The summed E-state index contributed by atoms with van der Waals surface area (Å²) in [6.07, 6.45) is 32.9. The fourth-order valence-corrected chi connectivity index (χ4v) is 6.79. The number of hydrogen-bond donors (Lipinski definition) is 5. The van der Waals surface area contributed by atoms with Crippen LogP contribution >= 0.6 is 15.6 Å². The minimum absolute atomic E-state index is 0.0968. The fraction of sp³-hybridized carbons (Fsp3) is 0.767. The van der Waals surface area contributed by atoms with Crippen LogP contribution in [0.3, 0.4) is 0 Å². The van der Waals surface area contributed by atoms with E-state index in [1.165, 1.54) is 70.6 Å². The molecule has 0 fully saturated rings. The summed E-state index contributed by atoms with van der Waals surface area (Å²) in [7, 11) is -9.74. The second-order valence-corrected chi connectivity index (χ2v) is 18.0. The lowest BCUT2D eigenvalue weighted by Crippen LogP contribution is -2.30. The van der Waals surface area contributed by atoms with Crippen LogP contribution in [0.25, 0.3) is 0 Å². The van der Waals surface area contributed by atoms with Gasteiger partial charge in [-0.25, -0.2) is 9.13 Å². The van der Waals surface area contributed by atoms with E-state index in [0.717, 1.165) is 44.4 Å². The van der Waals surface area contributed by atoms with Crippen molar-refractivity contribution in [2.24, 2.45) is 5.92 Å². The molecule has 0 saturated carbocycles. The summed E-state index contributed by atoms with van der Waals surface area (Å²) < 4.78 is 47.6. The molecule has 16 heteroatoms. The third kappa shape index (κ3) is 42.5. The summed E-state index contributed by atoms with van der Waals surface area (Å²) in [4.78, 5) is 52.7. The number of phosphoric acid groups is 2. The Balaban J connectivity index is 4.72. The highest BCUT2D eigenvalue weighted by atomic mass is 31.2. The Morgan fingerprint density at radius 2 is 1.15 bits per heavy atom. The highest BCUT2D eigenvalue weighted by molar-refractivity contribution is 7.47. The first-order chi connectivity index (χ1) is 28.1. The molecule has 344 valence electrons. The molecule has 1 unspecified atom stereocenters. The van der Waals surface area contributed by atoms with E-state index in [1.807, 2.05) is 12.2 Å². The topological polar surface area (TPSA) is 216 Å². The van der Waals surface area contributed by atoms with Gasteiger partial charge in [0.15, 0.2) is 6.10 Å². The van der Waals surface area contributed by atoms with Crippen LogP contribution in [-0.2, 0) is 41.8 Å². The molecule has 5 N–H and O–H groups in total. The molecule has 0 aliphatic carbocycles. The Labute approximate surface area is 354 Å². The van der Waals surface area contributed by atoms with Crippen LogP contribution in [0.1, 0.15) is 162 Å². The number of carbonyl (C=O) groups excluding carboxylic acids is 2. The lowest BCUT2D eigenvalue weighted by Gasteiger charge is -2.20. The summed E-state index contributed by atoms with van der Waals surface area (Å²) in [5.41, 5.74) is 0. The summed E-state index contributed by atoms with van der Waals surface area (Å²) in [5, 5.41) is 20.0. The van der Waals surface area contributed by atoms with Crippen LogP contribution in [0.5, 0.6) is 0 Å². The molecule has 0 aromatic rings. The van der Waals surface area contributed by atoms with Gasteiger partial charge in [0.2, 0.25) is 0 Å². The fourth-order valence-electron chi connectivity index (χ4n) is 5.64. The molecule has 0 aliphatic heterocycles. The van der Waals surface area contributed by atoms with Crippen molar-refractivity contribution < 1.29 is 66.7 Å². The van der Waals surface area contributed by atoms with Gasteiger partial charge in [-0.05, 0) is 50.9 Å². The van der Waals surface area contributed by atoms with Crippen molar-refractivity contribution in [1.29, 1.82) is 0 Å². The smallest absolute Gasteiger partial charge is 0.462 e. The van der Waals surface area contributed by atoms with Gasteiger partial charge in [-0.1, -0.05) is 153 Å². The third-order valence-electron chi connectivity index (χ3n) is 8.99. The Morgan fingerprint density at radius 3 is 1.78 bits per heavy atom. The molecule has 0 saturated heterocycles. The standard InChI is InChI=1S/C43H78O14P2/c1-4-5-6-7-8-9-10-11-14-17-20-23-26-30-39(44)31-28-33-43(47)57-41(37-56-59(51,52)55-35-40(45)34-54-58(48,49)50)36-53-42(46)32-27-24-21-18-15-12-13-16-19-22-25-29-38(2)3/h8-9,11,14,20,23,26,30,38-41,44-45H,4-7,10,12-13,15-19,21-22,24-25,27-29,31-37H2,1-3H3,(H,51,52)(H2,48,49,50)/b9-8-,14-11-,23-20-,30-26+/t39-,40-,41+/m0/s1. The Kier molecular flexibility index (Phi) is 36.5. The number of hydrogen-bond acceptors (Lipinski definition) is 11. The number of aliphatic hydroxyl groups is 2. The maximum atomic E-state index is 12.7. The van der Waals surface area contributed by atoms with Crippen molar-refractivity contribution >= 4 is 27.6 Å². The number of allylic oxidation sites excluding steroid dienone is 7. The van der Waals surface area contributed by atoms with Gasteiger partial charge in [0.1, 0.15) is 12.7 Å². The van der Waals surface area contributed by atoms with Gasteiger partial charge < -0.3 is 34.4 Å². The van der Waals surface area contributed by atoms with Gasteiger partial charge in [-0.2, -0.15) is 0 Å². The predicted molar refractivity (Wildman–Crippen MR) is 231 cm³/mol. The molecule has 0 amide bonds. The maximum Gasteiger partial charge on any atom is 0.472 e. The lowest BCUT2D eigenvalue weighted by molar-refractivity contribution is -0.161. The largest absolute Gasteiger partial charge is 0.472 e. The van der Waals surface area contributed by atoms with E-state index in [1.54, 1.807) is 12.2 Å². The average Bonchev–Trinajstić information content (AvgIpc) is 3.17. The van der Waals surface area contributed by atoms with Crippen LogP contribution in [0, 0.1) is 5.92 Å². The van der Waals surface area contributed by atoms with E-state index in [0.29, 0.717) is 6.42 Å². The van der Waals surface area contributed by atoms with E-state index in [4.69, 9.17) is 23.8 Å². The molecule has 0 spiro atoms. The molecule has 0 bridgehead atoms. The summed E-state index contributed by atoms with van der Waals surface area (Å²) >= 11 is 0. The quantitative estimate of drug-likeness (QED) is 0.0127. The number of carbonyl (C=O) groups is 2. The van der Waals surface area contributed by atoms with Crippen LogP contribution in [0.2, 0.25) is 0 Å². The molecule has 0 rings (SSSR count). The molecule has 0 aliphatic rings. The van der Waals surface area contributed by atoms with Gasteiger partial charge >= 0.3 is 27.6 Å². The van der Waals surface area contributed by atoms with E-state index in [2.05, 4.69) is 54.1 Å². The van der Waals surface area contributed by atoms with Crippen molar-refractivity contribution in [1.82, 2.24) is 0 Å². The van der Waals surface area contributed by atoms with Crippen LogP contribution in [0.4, 0.5) is 0 Å². The molecule has 0 heterocycles. The number of rotatable bonds is 40. The molecule has 0 aromatic carbocycles. The molecule has 14 nitrogen and oxygen atoms in total. The van der Waals surface area contributed by atoms with Crippen LogP contribution < -0.4 is 0 Å². The Bertz CT molecular complexity index is 1260. The summed E-state index contributed by atoms with van der Waals surface area (Å²) in [6.45, 7) is 3.81. The normalized spacial score (nSPS) is 15.1. The first-order valence-corrected chi connectivity index (χ1v) is 24.8. The number of ether oxygens (including phenoxy) is 2. The van der Waals surface area contributed by atoms with E-state index in [9.17, 15) is 33.8 Å². The SMILES string of the molecule is CCCCC/C=C\C/C=C\C/C=C\C=C\[C@H](O)CCCC(=O)O[C@H](COC(=O)CCCCCCCCCCCCCC(C)C)COP(=O)(O)OC[C@@H](O)COP(=O)(O)O. The van der Waals surface area contributed by atoms with Crippen LogP contribution in [-0.4, -0.2) is 81.6 Å². The zero-order valence-electron chi connectivity index (χ0n) is 36.1. The highest BCUT2D eigenvalue weighted by Gasteiger charge is 2.28. The van der Waals surface area contributed by atoms with Gasteiger partial charge in [-0.3, -0.25) is 23.2 Å². The van der Waals surface area contributed by atoms with Gasteiger partial charge in [0.05, 0.1) is 25.9 Å². The second kappa shape index (κ2) is 37.8. The third-order valence-corrected chi connectivity index (χ3v) is 10.4. The first kappa shape index (κ1) is 57.0. The maximum absolute atomic E-state index is 12.7. The minimum Gasteiger partial charge on any atom is -0.462 e. The summed E-state index contributed by atoms with van der Waals surface area (Å²) in [5.74, 6) is -0.458. The van der Waals surface area contributed by atoms with Crippen molar-refractivity contribution in [2.45, 2.75) is 180 Å². The molecule has 59 heavy (non-hydrogen) atoms. The van der Waals surface area contributed by atoms with Gasteiger partial charge in [0.25, 0.3) is 0 Å². The van der Waals surface area contributed by atoms with E-state index < -0.39 is 72.3 Å². The molecular weight excluding hydrogens is 802 g/mol. The second-order valence-electron chi connectivity index (χ2n) is 15.3. The highest BCUT2D eigenvalue weighted by Crippen LogP contribution is 2.43. The van der Waals surface area contributed by atoms with Gasteiger partial charge in [0, 0.05) is 12.8 Å². The summed E-state index contributed by atoms with van der Waals surface area (Å²) in [6, 6.07) is 0. The van der Waals surface area contributed by atoms with Crippen molar-refractivity contribution in [2.75, 3.05) is 26.4 Å². The van der Waals surface area contributed by atoms with E-state index in [-0.39, 0.29) is 25.7 Å². The molecule has 4 atom stereocenters. The van der Waals surface area contributed by atoms with Crippen LogP contribution in [0.15, 0.2) is 48.6 Å². The minimum atomic E-state index is -4.88. The first-order valence-electron chi connectivity index (χ1n) is 21.8. The number of aliphatic hydroxyl groups excluding tert-OH is 2.